The summed E-state index contributed by atoms with van der Waals surface area (Å²) in [7, 11) is -1.67. The van der Waals surface area contributed by atoms with Gasteiger partial charge in [0.05, 0.1) is 11.1 Å². The van der Waals surface area contributed by atoms with Gasteiger partial charge in [0.2, 0.25) is 15.9 Å². The van der Waals surface area contributed by atoms with Gasteiger partial charge in [0, 0.05) is 50.3 Å². The van der Waals surface area contributed by atoms with Crippen molar-refractivity contribution in [3.63, 3.8) is 0 Å². The van der Waals surface area contributed by atoms with Crippen LogP contribution in [0.3, 0.4) is 0 Å². The molecule has 0 spiro atoms. The molecule has 26 heavy (non-hydrogen) atoms. The van der Waals surface area contributed by atoms with Crippen LogP contribution in [0.25, 0.3) is 0 Å². The quantitative estimate of drug-likeness (QED) is 0.707. The first kappa shape index (κ1) is 19.1. The Kier molecular flexibility index (Phi) is 5.79. The molecule has 1 aromatic carbocycles. The number of halogens is 1. The van der Waals surface area contributed by atoms with Crippen LogP contribution in [0.15, 0.2) is 46.0 Å². The summed E-state index contributed by atoms with van der Waals surface area (Å²) < 4.78 is 29.4. The number of aryl methyl sites for hydroxylation is 2. The third-order valence-corrected chi connectivity index (χ3v) is 6.87. The van der Waals surface area contributed by atoms with Crippen molar-refractivity contribution >= 4 is 31.9 Å². The molecule has 0 radical (unpaired) electrons. The summed E-state index contributed by atoms with van der Waals surface area (Å²) >= 11 is 3.31. The standard InChI is InChI=1S/C17H21BrN4O3S/c1-20-13-14(12-19-20)2-7-17(23)21-8-10-22(11-9-21)26(24,25)16-5-3-15(18)4-6-16/h3-6,12-13H,2,7-11H2,1H3. The molecule has 0 unspecified atom stereocenters. The van der Waals surface area contributed by atoms with Gasteiger partial charge in [0.1, 0.15) is 0 Å². The van der Waals surface area contributed by atoms with Crippen LogP contribution in [0.5, 0.6) is 0 Å². The molecule has 1 aliphatic rings. The van der Waals surface area contributed by atoms with Crippen molar-refractivity contribution in [2.24, 2.45) is 7.05 Å². The van der Waals surface area contributed by atoms with Gasteiger partial charge in [0.15, 0.2) is 0 Å². The average molecular weight is 441 g/mol. The van der Waals surface area contributed by atoms with E-state index in [1.165, 1.54) is 4.31 Å². The third kappa shape index (κ3) is 4.33. The van der Waals surface area contributed by atoms with E-state index in [9.17, 15) is 13.2 Å². The molecule has 7 nitrogen and oxygen atoms in total. The molecular weight excluding hydrogens is 420 g/mol. The van der Waals surface area contributed by atoms with Crippen molar-refractivity contribution in [3.8, 4) is 0 Å². The first-order valence-corrected chi connectivity index (χ1v) is 10.6. The second kappa shape index (κ2) is 7.89. The third-order valence-electron chi connectivity index (χ3n) is 4.43. The van der Waals surface area contributed by atoms with Crippen molar-refractivity contribution in [3.05, 3.63) is 46.7 Å². The van der Waals surface area contributed by atoms with Gasteiger partial charge in [-0.25, -0.2) is 8.42 Å². The molecule has 2 heterocycles. The van der Waals surface area contributed by atoms with Crippen LogP contribution in [0.4, 0.5) is 0 Å². The van der Waals surface area contributed by atoms with E-state index in [2.05, 4.69) is 21.0 Å². The number of hydrogen-bond donors (Lipinski definition) is 0. The number of nitrogens with zero attached hydrogens (tertiary/aromatic N) is 4. The van der Waals surface area contributed by atoms with E-state index in [0.29, 0.717) is 39.0 Å². The zero-order chi connectivity index (χ0) is 18.7. The summed E-state index contributed by atoms with van der Waals surface area (Å²) in [5, 5.41) is 4.09. The normalized spacial score (nSPS) is 16.0. The van der Waals surface area contributed by atoms with Gasteiger partial charge in [-0.05, 0) is 36.2 Å². The van der Waals surface area contributed by atoms with Crippen LogP contribution in [0, 0.1) is 0 Å². The fraction of sp³-hybridized carbons (Fsp3) is 0.412. The molecule has 1 saturated heterocycles. The lowest BCUT2D eigenvalue weighted by atomic mass is 10.2. The second-order valence-corrected chi connectivity index (χ2v) is 9.11. The maximum Gasteiger partial charge on any atom is 0.243 e. The summed E-state index contributed by atoms with van der Waals surface area (Å²) in [6, 6.07) is 6.60. The zero-order valence-corrected chi connectivity index (χ0v) is 16.9. The van der Waals surface area contributed by atoms with Crippen LogP contribution in [0.2, 0.25) is 0 Å². The molecule has 9 heteroatoms. The zero-order valence-electron chi connectivity index (χ0n) is 14.5. The molecule has 1 fully saturated rings. The van der Waals surface area contributed by atoms with E-state index in [1.54, 1.807) is 40.0 Å². The molecule has 0 bridgehead atoms. The van der Waals surface area contributed by atoms with E-state index < -0.39 is 10.0 Å². The smallest absolute Gasteiger partial charge is 0.243 e. The molecule has 0 N–H and O–H groups in total. The number of carbonyl (C=O) groups is 1. The summed E-state index contributed by atoms with van der Waals surface area (Å²) in [6.45, 7) is 1.47. The summed E-state index contributed by atoms with van der Waals surface area (Å²) in [6.07, 6.45) is 4.71. The highest BCUT2D eigenvalue weighted by molar-refractivity contribution is 9.10. The Morgan fingerprint density at radius 1 is 1.15 bits per heavy atom. The number of piperazine rings is 1. The minimum atomic E-state index is -3.52. The highest BCUT2D eigenvalue weighted by Gasteiger charge is 2.29. The maximum absolute atomic E-state index is 12.7. The lowest BCUT2D eigenvalue weighted by Crippen LogP contribution is -2.50. The molecule has 1 aromatic heterocycles. The highest BCUT2D eigenvalue weighted by Crippen LogP contribution is 2.20. The predicted molar refractivity (Wildman–Crippen MR) is 101 cm³/mol. The first-order valence-electron chi connectivity index (χ1n) is 8.37. The lowest BCUT2D eigenvalue weighted by Gasteiger charge is -2.34. The van der Waals surface area contributed by atoms with Crippen molar-refractivity contribution in [1.29, 1.82) is 0 Å². The molecule has 1 amide bonds. The van der Waals surface area contributed by atoms with Crippen molar-refractivity contribution in [2.45, 2.75) is 17.7 Å². The van der Waals surface area contributed by atoms with Crippen LogP contribution in [-0.4, -0.2) is 59.5 Å². The van der Waals surface area contributed by atoms with Gasteiger partial charge in [-0.2, -0.15) is 9.40 Å². The van der Waals surface area contributed by atoms with E-state index in [-0.39, 0.29) is 10.8 Å². The van der Waals surface area contributed by atoms with E-state index in [0.717, 1.165) is 10.0 Å². The monoisotopic (exact) mass is 440 g/mol. The van der Waals surface area contributed by atoms with E-state index in [1.807, 2.05) is 13.2 Å². The second-order valence-electron chi connectivity index (χ2n) is 6.26. The van der Waals surface area contributed by atoms with E-state index in [4.69, 9.17) is 0 Å². The number of rotatable bonds is 5. The van der Waals surface area contributed by atoms with Crippen molar-refractivity contribution in [1.82, 2.24) is 19.0 Å². The molecule has 0 saturated carbocycles. The number of amides is 1. The van der Waals surface area contributed by atoms with Gasteiger partial charge in [-0.1, -0.05) is 15.9 Å². The van der Waals surface area contributed by atoms with Gasteiger partial charge in [-0.15, -0.1) is 0 Å². The van der Waals surface area contributed by atoms with Crippen molar-refractivity contribution in [2.75, 3.05) is 26.2 Å². The predicted octanol–water partition coefficient (Wildman–Crippen LogP) is 1.65. The van der Waals surface area contributed by atoms with Crippen LogP contribution in [0.1, 0.15) is 12.0 Å². The maximum atomic E-state index is 12.7. The molecule has 3 rings (SSSR count). The molecule has 0 aliphatic carbocycles. The Balaban J connectivity index is 1.54. The van der Waals surface area contributed by atoms with Crippen LogP contribution >= 0.6 is 15.9 Å². The first-order chi connectivity index (χ1) is 12.4. The molecule has 2 aromatic rings. The van der Waals surface area contributed by atoms with Gasteiger partial charge in [-0.3, -0.25) is 9.48 Å². The number of hydrogen-bond acceptors (Lipinski definition) is 4. The summed E-state index contributed by atoms with van der Waals surface area (Å²) in [4.78, 5) is 14.4. The van der Waals surface area contributed by atoms with Gasteiger partial charge >= 0.3 is 0 Å². The Bertz CT molecular complexity index is 872. The average Bonchev–Trinajstić information content (AvgIpc) is 3.05. The van der Waals surface area contributed by atoms with Gasteiger partial charge < -0.3 is 4.90 Å². The number of benzene rings is 1. The van der Waals surface area contributed by atoms with Crippen LogP contribution in [-0.2, 0) is 28.3 Å². The number of sulfonamides is 1. The Morgan fingerprint density at radius 3 is 2.38 bits per heavy atom. The Labute approximate surface area is 161 Å². The SMILES string of the molecule is Cn1cc(CCC(=O)N2CCN(S(=O)(=O)c3ccc(Br)cc3)CC2)cn1. The molecule has 0 atom stereocenters. The van der Waals surface area contributed by atoms with Crippen molar-refractivity contribution < 1.29 is 13.2 Å². The largest absolute Gasteiger partial charge is 0.340 e. The fourth-order valence-corrected chi connectivity index (χ4v) is 4.63. The minimum Gasteiger partial charge on any atom is -0.340 e. The minimum absolute atomic E-state index is 0.0505. The fourth-order valence-electron chi connectivity index (χ4n) is 2.94. The highest BCUT2D eigenvalue weighted by atomic mass is 79.9. The number of aromatic nitrogens is 2. The topological polar surface area (TPSA) is 75.5 Å². The van der Waals surface area contributed by atoms with Crippen LogP contribution < -0.4 is 0 Å². The van der Waals surface area contributed by atoms with Gasteiger partial charge in [0.25, 0.3) is 0 Å². The summed E-state index contributed by atoms with van der Waals surface area (Å²) in [5.74, 6) is 0.0505. The number of carbonyl (C=O) groups excluding carboxylic acids is 1. The molecule has 1 aliphatic heterocycles. The summed E-state index contributed by atoms with van der Waals surface area (Å²) in [5.41, 5.74) is 1.03. The Hall–Kier alpha value is -1.71. The lowest BCUT2D eigenvalue weighted by molar-refractivity contribution is -0.132. The Morgan fingerprint density at radius 2 is 1.81 bits per heavy atom. The van der Waals surface area contributed by atoms with E-state index >= 15 is 0 Å². The molecular formula is C17H21BrN4O3S. The molecule has 140 valence electrons.